The molecule has 0 fully saturated rings. The highest BCUT2D eigenvalue weighted by molar-refractivity contribution is 5.81. The van der Waals surface area contributed by atoms with E-state index in [4.69, 9.17) is 0 Å². The fourth-order valence-corrected chi connectivity index (χ4v) is 2.22. The summed E-state index contributed by atoms with van der Waals surface area (Å²) >= 11 is 0. The quantitative estimate of drug-likeness (QED) is 0.765. The van der Waals surface area contributed by atoms with Crippen LogP contribution < -0.4 is 5.32 Å². The normalized spacial score (nSPS) is 13.5. The van der Waals surface area contributed by atoms with Gasteiger partial charge in [0.15, 0.2) is 0 Å². The number of likely N-dealkylation sites (N-methyl/N-ethyl adjacent to an activating group) is 1. The Hall–Kier alpha value is -1.88. The molecule has 0 saturated carbocycles. The molecule has 1 aromatic carbocycles. The van der Waals surface area contributed by atoms with Crippen molar-refractivity contribution in [3.63, 3.8) is 0 Å². The van der Waals surface area contributed by atoms with E-state index in [9.17, 15) is 14.7 Å². The average molecular weight is 292 g/mol. The van der Waals surface area contributed by atoms with Crippen molar-refractivity contribution in [2.24, 2.45) is 0 Å². The number of aliphatic carboxylic acids is 1. The number of rotatable bonds is 8. The van der Waals surface area contributed by atoms with Gasteiger partial charge in [0, 0.05) is 19.6 Å². The van der Waals surface area contributed by atoms with Crippen LogP contribution in [0.5, 0.6) is 0 Å². The maximum Gasteiger partial charge on any atom is 0.312 e. The van der Waals surface area contributed by atoms with E-state index in [1.54, 1.807) is 24.0 Å². The Balaban J connectivity index is 2.66. The molecule has 0 heterocycles. The monoisotopic (exact) mass is 292 g/mol. The van der Waals surface area contributed by atoms with E-state index in [1.165, 1.54) is 0 Å². The highest BCUT2D eigenvalue weighted by Crippen LogP contribution is 2.15. The summed E-state index contributed by atoms with van der Waals surface area (Å²) in [6, 6.07) is 8.67. The Bertz CT molecular complexity index is 458. The second-order valence-electron chi connectivity index (χ2n) is 4.94. The summed E-state index contributed by atoms with van der Waals surface area (Å²) in [6.07, 6.45) is 0. The van der Waals surface area contributed by atoms with Gasteiger partial charge in [-0.25, -0.2) is 0 Å². The number of hydrogen-bond donors (Lipinski definition) is 2. The molecule has 1 rings (SSSR count). The van der Waals surface area contributed by atoms with Gasteiger partial charge in [-0.2, -0.15) is 0 Å². The summed E-state index contributed by atoms with van der Waals surface area (Å²) in [5.74, 6) is -1.55. The summed E-state index contributed by atoms with van der Waals surface area (Å²) < 4.78 is 0. The van der Waals surface area contributed by atoms with E-state index in [0.29, 0.717) is 13.1 Å². The van der Waals surface area contributed by atoms with Crippen LogP contribution in [0.25, 0.3) is 0 Å². The number of nitrogens with zero attached hydrogens (tertiary/aromatic N) is 1. The van der Waals surface area contributed by atoms with Crippen LogP contribution in [0.4, 0.5) is 0 Å². The molecule has 0 aliphatic heterocycles. The van der Waals surface area contributed by atoms with E-state index in [0.717, 1.165) is 5.56 Å². The van der Waals surface area contributed by atoms with Crippen LogP contribution in [-0.2, 0) is 9.59 Å². The van der Waals surface area contributed by atoms with Crippen LogP contribution in [0.15, 0.2) is 30.3 Å². The lowest BCUT2D eigenvalue weighted by molar-refractivity contribution is -0.139. The highest BCUT2D eigenvalue weighted by atomic mass is 16.4. The molecular weight excluding hydrogens is 268 g/mol. The standard InChI is InChI=1S/C16H24N2O3/c1-4-18(5-2)15(19)12(3)17-11-14(16(20)21)13-9-7-6-8-10-13/h6-10,12,14,17H,4-5,11H2,1-3H3,(H,20,21). The molecule has 21 heavy (non-hydrogen) atoms. The number of carbonyl (C=O) groups excluding carboxylic acids is 1. The molecule has 0 spiro atoms. The van der Waals surface area contributed by atoms with Crippen LogP contribution in [0.3, 0.4) is 0 Å². The number of benzene rings is 1. The fraction of sp³-hybridized carbons (Fsp3) is 0.500. The lowest BCUT2D eigenvalue weighted by Crippen LogP contribution is -2.46. The molecule has 5 heteroatoms. The molecule has 0 aliphatic rings. The van der Waals surface area contributed by atoms with Crippen molar-refractivity contribution in [2.45, 2.75) is 32.7 Å². The highest BCUT2D eigenvalue weighted by Gasteiger charge is 2.23. The molecule has 116 valence electrons. The zero-order chi connectivity index (χ0) is 15.8. The van der Waals surface area contributed by atoms with Gasteiger partial charge in [0.05, 0.1) is 12.0 Å². The topological polar surface area (TPSA) is 69.6 Å². The Morgan fingerprint density at radius 3 is 2.24 bits per heavy atom. The molecular formula is C16H24N2O3. The third-order valence-electron chi connectivity index (χ3n) is 3.57. The molecule has 2 unspecified atom stereocenters. The van der Waals surface area contributed by atoms with Crippen molar-refractivity contribution >= 4 is 11.9 Å². The van der Waals surface area contributed by atoms with Crippen LogP contribution in [0.2, 0.25) is 0 Å². The van der Waals surface area contributed by atoms with E-state index in [-0.39, 0.29) is 12.5 Å². The van der Waals surface area contributed by atoms with Crippen LogP contribution in [-0.4, -0.2) is 47.6 Å². The Labute approximate surface area is 126 Å². The lowest BCUT2D eigenvalue weighted by atomic mass is 9.99. The smallest absolute Gasteiger partial charge is 0.312 e. The second kappa shape index (κ2) is 8.42. The largest absolute Gasteiger partial charge is 0.481 e. The van der Waals surface area contributed by atoms with Crippen molar-refractivity contribution in [1.82, 2.24) is 10.2 Å². The van der Waals surface area contributed by atoms with Gasteiger partial charge in [0.2, 0.25) is 5.91 Å². The number of hydrogen-bond acceptors (Lipinski definition) is 3. The van der Waals surface area contributed by atoms with E-state index < -0.39 is 17.9 Å². The maximum absolute atomic E-state index is 12.1. The number of carboxylic acid groups (broad SMARTS) is 1. The van der Waals surface area contributed by atoms with Crippen LogP contribution in [0.1, 0.15) is 32.3 Å². The minimum absolute atomic E-state index is 0.00259. The number of nitrogens with one attached hydrogen (secondary N) is 1. The van der Waals surface area contributed by atoms with Gasteiger partial charge in [-0.1, -0.05) is 30.3 Å². The van der Waals surface area contributed by atoms with Gasteiger partial charge in [0.1, 0.15) is 0 Å². The van der Waals surface area contributed by atoms with Crippen molar-refractivity contribution in [3.05, 3.63) is 35.9 Å². The minimum Gasteiger partial charge on any atom is -0.481 e. The van der Waals surface area contributed by atoms with Gasteiger partial charge in [-0.05, 0) is 26.3 Å². The molecule has 5 nitrogen and oxygen atoms in total. The van der Waals surface area contributed by atoms with Gasteiger partial charge >= 0.3 is 5.97 Å². The molecule has 0 saturated heterocycles. The first-order valence-corrected chi connectivity index (χ1v) is 7.31. The predicted octanol–water partition coefficient (Wildman–Crippen LogP) is 1.70. The lowest BCUT2D eigenvalue weighted by Gasteiger charge is -2.24. The predicted molar refractivity (Wildman–Crippen MR) is 82.2 cm³/mol. The summed E-state index contributed by atoms with van der Waals surface area (Å²) in [5, 5.41) is 12.4. The van der Waals surface area contributed by atoms with Crippen molar-refractivity contribution in [1.29, 1.82) is 0 Å². The third-order valence-corrected chi connectivity index (χ3v) is 3.57. The number of carbonyl (C=O) groups is 2. The Morgan fingerprint density at radius 1 is 1.19 bits per heavy atom. The first kappa shape index (κ1) is 17.2. The van der Waals surface area contributed by atoms with Gasteiger partial charge < -0.3 is 15.3 Å². The summed E-state index contributed by atoms with van der Waals surface area (Å²) in [6.45, 7) is 7.17. The van der Waals surface area contributed by atoms with Crippen LogP contribution >= 0.6 is 0 Å². The maximum atomic E-state index is 12.1. The number of carboxylic acids is 1. The minimum atomic E-state index is -0.892. The van der Waals surface area contributed by atoms with Crippen molar-refractivity contribution < 1.29 is 14.7 Å². The molecule has 2 N–H and O–H groups in total. The molecule has 1 aromatic rings. The molecule has 2 atom stereocenters. The van der Waals surface area contributed by atoms with Crippen molar-refractivity contribution in [3.8, 4) is 0 Å². The zero-order valence-corrected chi connectivity index (χ0v) is 12.9. The fourth-order valence-electron chi connectivity index (χ4n) is 2.22. The van der Waals surface area contributed by atoms with Crippen molar-refractivity contribution in [2.75, 3.05) is 19.6 Å². The van der Waals surface area contributed by atoms with E-state index in [2.05, 4.69) is 5.32 Å². The molecule has 0 aromatic heterocycles. The van der Waals surface area contributed by atoms with E-state index >= 15 is 0 Å². The van der Waals surface area contributed by atoms with E-state index in [1.807, 2.05) is 32.0 Å². The summed E-state index contributed by atoms with van der Waals surface area (Å²) in [5.41, 5.74) is 0.736. The van der Waals surface area contributed by atoms with Gasteiger partial charge in [-0.15, -0.1) is 0 Å². The average Bonchev–Trinajstić information content (AvgIpc) is 2.49. The molecule has 0 aliphatic carbocycles. The van der Waals surface area contributed by atoms with Gasteiger partial charge in [0.25, 0.3) is 0 Å². The first-order valence-electron chi connectivity index (χ1n) is 7.31. The Kier molecular flexibility index (Phi) is 6.88. The summed E-state index contributed by atoms with van der Waals surface area (Å²) in [4.78, 5) is 25.3. The van der Waals surface area contributed by atoms with Gasteiger partial charge in [-0.3, -0.25) is 9.59 Å². The summed E-state index contributed by atoms with van der Waals surface area (Å²) in [7, 11) is 0. The Morgan fingerprint density at radius 2 is 1.76 bits per heavy atom. The first-order chi connectivity index (χ1) is 10.0. The third kappa shape index (κ3) is 4.86. The number of amides is 1. The molecule has 0 radical (unpaired) electrons. The zero-order valence-electron chi connectivity index (χ0n) is 12.9. The molecule has 1 amide bonds. The van der Waals surface area contributed by atoms with Crippen LogP contribution in [0, 0.1) is 0 Å². The molecule has 0 bridgehead atoms. The second-order valence-corrected chi connectivity index (χ2v) is 4.94. The SMILES string of the molecule is CCN(CC)C(=O)C(C)NCC(C(=O)O)c1ccccc1.